The second-order valence-electron chi connectivity index (χ2n) is 4.84. The van der Waals surface area contributed by atoms with Crippen LogP contribution < -0.4 is 0 Å². The molecule has 2 nitrogen and oxygen atoms in total. The van der Waals surface area contributed by atoms with Gasteiger partial charge in [0.25, 0.3) is 0 Å². The summed E-state index contributed by atoms with van der Waals surface area (Å²) in [6, 6.07) is 13.9. The van der Waals surface area contributed by atoms with E-state index in [1.54, 1.807) is 0 Å². The quantitative estimate of drug-likeness (QED) is 0.588. The molecule has 0 N–H and O–H groups in total. The van der Waals surface area contributed by atoms with Gasteiger partial charge in [0.15, 0.2) is 0 Å². The molecular formula is C16H14Cl2N2. The fourth-order valence-corrected chi connectivity index (χ4v) is 2.70. The van der Waals surface area contributed by atoms with E-state index in [1.165, 1.54) is 0 Å². The Morgan fingerprint density at radius 2 is 1.90 bits per heavy atom. The maximum Gasteiger partial charge on any atom is 0.132 e. The van der Waals surface area contributed by atoms with Crippen molar-refractivity contribution in [2.45, 2.75) is 19.2 Å². The van der Waals surface area contributed by atoms with Crippen LogP contribution >= 0.6 is 23.2 Å². The van der Waals surface area contributed by atoms with Crippen LogP contribution in [0.5, 0.6) is 0 Å². The summed E-state index contributed by atoms with van der Waals surface area (Å²) in [5, 5.41) is 0.525. The molecule has 0 fully saturated rings. The monoisotopic (exact) mass is 304 g/mol. The molecule has 4 heteroatoms. The summed E-state index contributed by atoms with van der Waals surface area (Å²) in [6.45, 7) is 3.99. The molecule has 0 aliphatic rings. The van der Waals surface area contributed by atoms with E-state index < -0.39 is 0 Å². The predicted octanol–water partition coefficient (Wildman–Crippen LogP) is 5.29. The van der Waals surface area contributed by atoms with Crippen LogP contribution in [-0.2, 0) is 0 Å². The number of aromatic nitrogens is 2. The van der Waals surface area contributed by atoms with Crippen molar-refractivity contribution in [3.8, 4) is 5.69 Å². The van der Waals surface area contributed by atoms with Crippen molar-refractivity contribution in [1.82, 2.24) is 9.55 Å². The molecule has 2 aromatic carbocycles. The van der Waals surface area contributed by atoms with Gasteiger partial charge in [0, 0.05) is 5.02 Å². The lowest BCUT2D eigenvalue weighted by atomic mass is 10.2. The van der Waals surface area contributed by atoms with Gasteiger partial charge in [-0.2, -0.15) is 0 Å². The molecule has 0 aliphatic heterocycles. The molecule has 0 spiro atoms. The molecular weight excluding hydrogens is 291 g/mol. The molecule has 0 aliphatic carbocycles. The summed E-state index contributed by atoms with van der Waals surface area (Å²) in [5.41, 5.74) is 4.14. The van der Waals surface area contributed by atoms with E-state index in [4.69, 9.17) is 23.2 Å². The first-order valence-electron chi connectivity index (χ1n) is 6.46. The lowest BCUT2D eigenvalue weighted by Gasteiger charge is -2.13. The van der Waals surface area contributed by atoms with Crippen LogP contribution in [0.1, 0.15) is 23.7 Å². The van der Waals surface area contributed by atoms with Crippen LogP contribution in [0.15, 0.2) is 42.5 Å². The first-order chi connectivity index (χ1) is 9.58. The van der Waals surface area contributed by atoms with E-state index in [1.807, 2.05) is 49.4 Å². The van der Waals surface area contributed by atoms with Crippen LogP contribution in [0.25, 0.3) is 16.7 Å². The topological polar surface area (TPSA) is 17.8 Å². The predicted molar refractivity (Wildman–Crippen MR) is 85.1 cm³/mol. The molecule has 3 rings (SSSR count). The van der Waals surface area contributed by atoms with Crippen molar-refractivity contribution in [3.05, 3.63) is 58.9 Å². The second-order valence-corrected chi connectivity index (χ2v) is 5.93. The molecule has 102 valence electrons. The van der Waals surface area contributed by atoms with Gasteiger partial charge < -0.3 is 0 Å². The van der Waals surface area contributed by atoms with Crippen LogP contribution in [-0.4, -0.2) is 9.55 Å². The first-order valence-corrected chi connectivity index (χ1v) is 7.27. The Morgan fingerprint density at radius 3 is 2.65 bits per heavy atom. The molecule has 3 aromatic rings. The van der Waals surface area contributed by atoms with E-state index >= 15 is 0 Å². The van der Waals surface area contributed by atoms with Gasteiger partial charge in [0.1, 0.15) is 5.82 Å². The molecule has 1 heterocycles. The van der Waals surface area contributed by atoms with E-state index in [-0.39, 0.29) is 5.38 Å². The summed E-state index contributed by atoms with van der Waals surface area (Å²) in [4.78, 5) is 4.65. The number of hydrogen-bond donors (Lipinski definition) is 0. The highest BCUT2D eigenvalue weighted by Crippen LogP contribution is 2.30. The molecule has 1 aromatic heterocycles. The molecule has 20 heavy (non-hydrogen) atoms. The SMILES string of the molecule is Cc1ccc(Cl)cc1-n1c(C(C)Cl)nc2ccccc21. The van der Waals surface area contributed by atoms with Gasteiger partial charge in [-0.3, -0.25) is 4.57 Å². The zero-order valence-corrected chi connectivity index (χ0v) is 12.8. The number of para-hydroxylation sites is 2. The van der Waals surface area contributed by atoms with Gasteiger partial charge in [-0.05, 0) is 43.7 Å². The van der Waals surface area contributed by atoms with Gasteiger partial charge in [-0.25, -0.2) is 4.98 Å². The molecule has 0 saturated heterocycles. The Balaban J connectivity index is 2.39. The highest BCUT2D eigenvalue weighted by Gasteiger charge is 2.17. The summed E-state index contributed by atoms with van der Waals surface area (Å²) >= 11 is 12.5. The smallest absolute Gasteiger partial charge is 0.132 e. The standard InChI is InChI=1S/C16H14Cl2N2/c1-10-7-8-12(18)9-15(10)20-14-6-4-3-5-13(14)19-16(20)11(2)17/h3-9,11H,1-2H3. The van der Waals surface area contributed by atoms with Crippen molar-refractivity contribution in [2.24, 2.45) is 0 Å². The summed E-state index contributed by atoms with van der Waals surface area (Å²) < 4.78 is 2.09. The minimum Gasteiger partial charge on any atom is -0.295 e. The number of nitrogens with zero attached hydrogens (tertiary/aromatic N) is 2. The lowest BCUT2D eigenvalue weighted by molar-refractivity contribution is 0.878. The summed E-state index contributed by atoms with van der Waals surface area (Å²) in [7, 11) is 0. The van der Waals surface area contributed by atoms with Crippen molar-refractivity contribution >= 4 is 34.2 Å². The average molecular weight is 305 g/mol. The number of hydrogen-bond acceptors (Lipinski definition) is 1. The van der Waals surface area contributed by atoms with Crippen molar-refractivity contribution in [2.75, 3.05) is 0 Å². The average Bonchev–Trinajstić information content (AvgIpc) is 2.81. The summed E-state index contributed by atoms with van der Waals surface area (Å²) in [6.07, 6.45) is 0. The Kier molecular flexibility index (Phi) is 3.45. The fourth-order valence-electron chi connectivity index (χ4n) is 2.39. The Labute approximate surface area is 128 Å². The zero-order chi connectivity index (χ0) is 14.3. The second kappa shape index (κ2) is 5.12. The summed E-state index contributed by atoms with van der Waals surface area (Å²) in [5.74, 6) is 0.832. The molecule has 0 bridgehead atoms. The molecule has 0 amide bonds. The molecule has 0 radical (unpaired) electrons. The van der Waals surface area contributed by atoms with Gasteiger partial charge in [-0.15, -0.1) is 11.6 Å². The fraction of sp³-hybridized carbons (Fsp3) is 0.188. The van der Waals surface area contributed by atoms with Gasteiger partial charge >= 0.3 is 0 Å². The number of fused-ring (bicyclic) bond motifs is 1. The molecule has 0 saturated carbocycles. The Hall–Kier alpha value is -1.51. The molecule has 1 unspecified atom stereocenters. The normalized spacial score (nSPS) is 12.8. The van der Waals surface area contributed by atoms with Crippen molar-refractivity contribution in [1.29, 1.82) is 0 Å². The number of imidazole rings is 1. The number of benzene rings is 2. The van der Waals surface area contributed by atoms with Crippen molar-refractivity contribution in [3.63, 3.8) is 0 Å². The largest absolute Gasteiger partial charge is 0.295 e. The van der Waals surface area contributed by atoms with E-state index in [0.717, 1.165) is 28.1 Å². The van der Waals surface area contributed by atoms with Crippen LogP contribution in [0.4, 0.5) is 0 Å². The maximum atomic E-state index is 6.31. The third kappa shape index (κ3) is 2.19. The van der Waals surface area contributed by atoms with Gasteiger partial charge in [0.05, 0.1) is 22.1 Å². The third-order valence-electron chi connectivity index (χ3n) is 3.35. The van der Waals surface area contributed by atoms with Crippen molar-refractivity contribution < 1.29 is 0 Å². The maximum absolute atomic E-state index is 6.31. The Bertz CT molecular complexity index is 775. The minimum atomic E-state index is -0.180. The lowest BCUT2D eigenvalue weighted by Crippen LogP contribution is -2.03. The highest BCUT2D eigenvalue weighted by atomic mass is 35.5. The van der Waals surface area contributed by atoms with Crippen LogP contribution in [0.3, 0.4) is 0 Å². The number of rotatable bonds is 2. The first kappa shape index (κ1) is 13.5. The van der Waals surface area contributed by atoms with E-state index in [2.05, 4.69) is 16.5 Å². The zero-order valence-electron chi connectivity index (χ0n) is 11.3. The number of aryl methyl sites for hydroxylation is 1. The van der Waals surface area contributed by atoms with Crippen LogP contribution in [0, 0.1) is 6.92 Å². The van der Waals surface area contributed by atoms with Gasteiger partial charge in [0.2, 0.25) is 0 Å². The highest BCUT2D eigenvalue weighted by molar-refractivity contribution is 6.30. The van der Waals surface area contributed by atoms with E-state index in [9.17, 15) is 0 Å². The molecule has 1 atom stereocenters. The van der Waals surface area contributed by atoms with E-state index in [0.29, 0.717) is 5.02 Å². The van der Waals surface area contributed by atoms with Gasteiger partial charge in [-0.1, -0.05) is 29.8 Å². The number of alkyl halides is 1. The minimum absolute atomic E-state index is 0.180. The Morgan fingerprint density at radius 1 is 1.15 bits per heavy atom. The van der Waals surface area contributed by atoms with Crippen LogP contribution in [0.2, 0.25) is 5.02 Å². The number of halogens is 2. The third-order valence-corrected chi connectivity index (χ3v) is 3.78.